The highest BCUT2D eigenvalue weighted by atomic mass is 79.9. The predicted octanol–water partition coefficient (Wildman–Crippen LogP) is 5.94. The fourth-order valence-electron chi connectivity index (χ4n) is 1.47. The lowest BCUT2D eigenvalue weighted by atomic mass is 10.1. The molecule has 0 saturated carbocycles. The molecule has 0 N–H and O–H groups in total. The van der Waals surface area contributed by atoms with Crippen molar-refractivity contribution in [2.75, 3.05) is 0 Å². The number of alkyl halides is 1. The number of halogens is 4. The third kappa shape index (κ3) is 2.84. The van der Waals surface area contributed by atoms with Crippen molar-refractivity contribution in [3.05, 3.63) is 54.9 Å². The minimum atomic E-state index is -0.510. The Hall–Kier alpha value is -0.0900. The van der Waals surface area contributed by atoms with E-state index in [1.165, 1.54) is 12.1 Å². The van der Waals surface area contributed by atoms with Gasteiger partial charge in [0.2, 0.25) is 0 Å². The Kier molecular flexibility index (Phi) is 4.14. The van der Waals surface area contributed by atoms with Gasteiger partial charge in [0.25, 0.3) is 0 Å². The number of benzene rings is 1. The van der Waals surface area contributed by atoms with Gasteiger partial charge in [-0.3, -0.25) is 0 Å². The van der Waals surface area contributed by atoms with Gasteiger partial charge < -0.3 is 0 Å². The molecule has 1 unspecified atom stereocenters. The van der Waals surface area contributed by atoms with Crippen molar-refractivity contribution >= 4 is 50.5 Å². The lowest BCUT2D eigenvalue weighted by Gasteiger charge is -2.09. The van der Waals surface area contributed by atoms with Gasteiger partial charge in [0.15, 0.2) is 0 Å². The van der Waals surface area contributed by atoms with Gasteiger partial charge in [-0.15, -0.1) is 22.9 Å². The molecule has 0 aliphatic heterocycles. The summed E-state index contributed by atoms with van der Waals surface area (Å²) in [6.45, 7) is 1.98. The first-order chi connectivity index (χ1) is 7.99. The zero-order valence-electron chi connectivity index (χ0n) is 8.81. The molecule has 90 valence electrons. The van der Waals surface area contributed by atoms with E-state index in [9.17, 15) is 4.39 Å². The maximum Gasteiger partial charge on any atom is 0.128 e. The van der Waals surface area contributed by atoms with Crippen LogP contribution in [-0.4, -0.2) is 0 Å². The number of hydrogen-bond donors (Lipinski definition) is 0. The average Bonchev–Trinajstić information content (AvgIpc) is 2.62. The van der Waals surface area contributed by atoms with Crippen molar-refractivity contribution in [2.24, 2.45) is 0 Å². The van der Waals surface area contributed by atoms with Gasteiger partial charge in [0.05, 0.1) is 5.38 Å². The first-order valence-corrected chi connectivity index (χ1v) is 7.26. The fraction of sp³-hybridized carbons (Fsp3) is 0.167. The molecule has 1 aromatic carbocycles. The van der Waals surface area contributed by atoms with Crippen LogP contribution in [0, 0.1) is 12.7 Å². The Morgan fingerprint density at radius 3 is 2.65 bits per heavy atom. The van der Waals surface area contributed by atoms with Crippen LogP contribution in [0.4, 0.5) is 4.39 Å². The summed E-state index contributed by atoms with van der Waals surface area (Å²) in [6.07, 6.45) is 0. The topological polar surface area (TPSA) is 0 Å². The van der Waals surface area contributed by atoms with E-state index in [0.29, 0.717) is 10.6 Å². The molecule has 0 amide bonds. The number of hydrogen-bond acceptors (Lipinski definition) is 1. The number of thiophene rings is 1. The van der Waals surface area contributed by atoms with Crippen molar-refractivity contribution in [1.82, 2.24) is 0 Å². The minimum absolute atomic E-state index is 0.337. The number of rotatable bonds is 2. The van der Waals surface area contributed by atoms with Crippen LogP contribution >= 0.6 is 50.5 Å². The monoisotopic (exact) mass is 352 g/mol. The molecule has 1 aromatic heterocycles. The lowest BCUT2D eigenvalue weighted by molar-refractivity contribution is 0.613. The van der Waals surface area contributed by atoms with Crippen LogP contribution in [0.5, 0.6) is 0 Å². The standard InChI is InChI=1S/C12H8BrCl2FS/c1-6-9(13)5-11(17-6)12(15)8-4-7(14)2-3-10(8)16/h2-5,12H,1H3. The van der Waals surface area contributed by atoms with E-state index in [1.54, 1.807) is 17.4 Å². The van der Waals surface area contributed by atoms with Gasteiger partial charge >= 0.3 is 0 Å². The third-order valence-electron chi connectivity index (χ3n) is 2.36. The molecule has 1 heterocycles. The van der Waals surface area contributed by atoms with Crippen molar-refractivity contribution in [3.63, 3.8) is 0 Å². The molecular weight excluding hydrogens is 346 g/mol. The molecule has 0 saturated heterocycles. The van der Waals surface area contributed by atoms with Crippen molar-refractivity contribution < 1.29 is 4.39 Å². The second kappa shape index (κ2) is 5.27. The molecule has 1 atom stereocenters. The maximum absolute atomic E-state index is 13.7. The first kappa shape index (κ1) is 13.3. The molecule has 0 radical (unpaired) electrons. The van der Waals surface area contributed by atoms with Crippen LogP contribution in [0.3, 0.4) is 0 Å². The van der Waals surface area contributed by atoms with Crippen LogP contribution in [0.15, 0.2) is 28.7 Å². The Balaban J connectivity index is 2.42. The largest absolute Gasteiger partial charge is 0.207 e. The van der Waals surface area contributed by atoms with Gasteiger partial charge in [-0.05, 0) is 47.1 Å². The van der Waals surface area contributed by atoms with E-state index in [-0.39, 0.29) is 5.82 Å². The van der Waals surface area contributed by atoms with Crippen LogP contribution in [-0.2, 0) is 0 Å². The summed E-state index contributed by atoms with van der Waals surface area (Å²) >= 11 is 17.1. The summed E-state index contributed by atoms with van der Waals surface area (Å²) in [4.78, 5) is 2.02. The summed E-state index contributed by atoms with van der Waals surface area (Å²) in [6, 6.07) is 6.33. The van der Waals surface area contributed by atoms with E-state index in [0.717, 1.165) is 14.2 Å². The molecule has 0 spiro atoms. The Morgan fingerprint density at radius 2 is 2.06 bits per heavy atom. The molecule has 0 aliphatic carbocycles. The van der Waals surface area contributed by atoms with Gasteiger partial charge in [-0.2, -0.15) is 0 Å². The summed E-state index contributed by atoms with van der Waals surface area (Å²) in [5.74, 6) is -0.337. The molecule has 17 heavy (non-hydrogen) atoms. The van der Waals surface area contributed by atoms with Gasteiger partial charge in [0.1, 0.15) is 5.82 Å². The Morgan fingerprint density at radius 1 is 1.35 bits per heavy atom. The highest BCUT2D eigenvalue weighted by Gasteiger charge is 2.18. The Labute approximate surface area is 121 Å². The Bertz CT molecular complexity index is 534. The fourth-order valence-corrected chi connectivity index (χ4v) is 3.57. The van der Waals surface area contributed by atoms with Crippen molar-refractivity contribution in [3.8, 4) is 0 Å². The lowest BCUT2D eigenvalue weighted by Crippen LogP contribution is -1.94. The third-order valence-corrected chi connectivity index (χ3v) is 5.39. The molecule has 0 bridgehead atoms. The summed E-state index contributed by atoms with van der Waals surface area (Å²) in [5.41, 5.74) is 0.410. The van der Waals surface area contributed by atoms with E-state index in [4.69, 9.17) is 23.2 Å². The van der Waals surface area contributed by atoms with Crippen LogP contribution in [0.2, 0.25) is 5.02 Å². The quantitative estimate of drug-likeness (QED) is 0.586. The van der Waals surface area contributed by atoms with Gasteiger partial charge in [0, 0.05) is 24.8 Å². The van der Waals surface area contributed by atoms with E-state index in [1.807, 2.05) is 13.0 Å². The second-order valence-corrected chi connectivity index (χ2v) is 6.60. The van der Waals surface area contributed by atoms with E-state index >= 15 is 0 Å². The molecule has 0 fully saturated rings. The molecule has 0 aliphatic rings. The minimum Gasteiger partial charge on any atom is -0.207 e. The van der Waals surface area contributed by atoms with Gasteiger partial charge in [-0.25, -0.2) is 4.39 Å². The van der Waals surface area contributed by atoms with Gasteiger partial charge in [-0.1, -0.05) is 11.6 Å². The van der Waals surface area contributed by atoms with Crippen molar-refractivity contribution in [2.45, 2.75) is 12.3 Å². The summed E-state index contributed by atoms with van der Waals surface area (Å²) in [7, 11) is 0. The summed E-state index contributed by atoms with van der Waals surface area (Å²) < 4.78 is 14.7. The highest BCUT2D eigenvalue weighted by Crippen LogP contribution is 2.38. The first-order valence-electron chi connectivity index (χ1n) is 4.84. The molecular formula is C12H8BrCl2FS. The van der Waals surface area contributed by atoms with Crippen molar-refractivity contribution in [1.29, 1.82) is 0 Å². The maximum atomic E-state index is 13.7. The smallest absolute Gasteiger partial charge is 0.128 e. The molecule has 0 nitrogen and oxygen atoms in total. The zero-order chi connectivity index (χ0) is 12.6. The van der Waals surface area contributed by atoms with Crippen LogP contribution < -0.4 is 0 Å². The van der Waals surface area contributed by atoms with Crippen LogP contribution in [0.25, 0.3) is 0 Å². The molecule has 5 heteroatoms. The van der Waals surface area contributed by atoms with E-state index < -0.39 is 5.38 Å². The zero-order valence-corrected chi connectivity index (χ0v) is 12.7. The van der Waals surface area contributed by atoms with E-state index in [2.05, 4.69) is 15.9 Å². The highest BCUT2D eigenvalue weighted by molar-refractivity contribution is 9.10. The average molecular weight is 354 g/mol. The predicted molar refractivity (Wildman–Crippen MR) is 75.9 cm³/mol. The SMILES string of the molecule is Cc1sc(C(Cl)c2cc(Cl)ccc2F)cc1Br. The number of aryl methyl sites for hydroxylation is 1. The van der Waals surface area contributed by atoms with Crippen LogP contribution in [0.1, 0.15) is 20.7 Å². The summed E-state index contributed by atoms with van der Waals surface area (Å²) in [5, 5.41) is -0.0249. The molecule has 2 aromatic rings. The second-order valence-electron chi connectivity index (χ2n) is 3.58. The normalized spacial score (nSPS) is 12.8. The molecule has 2 rings (SSSR count).